The number of amides is 2. The SMILES string of the molecule is Cc1ccc(C(=O)N2CCS[C@@]23C(=O)N(Cc2c(F)cccc2F)c2ccccc23)cc1. The van der Waals surface area contributed by atoms with Crippen molar-refractivity contribution in [2.24, 2.45) is 0 Å². The Morgan fingerprint density at radius 1 is 1.00 bits per heavy atom. The number of hydrogen-bond acceptors (Lipinski definition) is 3. The molecular formula is C25H20F2N2O2S. The van der Waals surface area contributed by atoms with Crippen molar-refractivity contribution in [2.45, 2.75) is 18.3 Å². The third kappa shape index (κ3) is 3.03. The highest BCUT2D eigenvalue weighted by molar-refractivity contribution is 8.01. The van der Waals surface area contributed by atoms with Crippen molar-refractivity contribution in [2.75, 3.05) is 17.2 Å². The monoisotopic (exact) mass is 450 g/mol. The molecule has 0 bridgehead atoms. The lowest BCUT2D eigenvalue weighted by Gasteiger charge is -2.33. The number of benzene rings is 3. The molecule has 7 heteroatoms. The molecule has 2 amide bonds. The van der Waals surface area contributed by atoms with Crippen LogP contribution in [0.15, 0.2) is 66.7 Å². The van der Waals surface area contributed by atoms with Gasteiger partial charge in [0.1, 0.15) is 11.6 Å². The van der Waals surface area contributed by atoms with Gasteiger partial charge in [0.05, 0.1) is 12.2 Å². The molecule has 4 nitrogen and oxygen atoms in total. The van der Waals surface area contributed by atoms with Crippen LogP contribution < -0.4 is 4.90 Å². The van der Waals surface area contributed by atoms with Crippen LogP contribution in [0.4, 0.5) is 14.5 Å². The predicted molar refractivity (Wildman–Crippen MR) is 120 cm³/mol. The fourth-order valence-corrected chi connectivity index (χ4v) is 5.88. The summed E-state index contributed by atoms with van der Waals surface area (Å²) in [6, 6.07) is 18.1. The molecule has 2 aliphatic rings. The van der Waals surface area contributed by atoms with Crippen LogP contribution in [0.25, 0.3) is 0 Å². The number of fused-ring (bicyclic) bond motifs is 2. The zero-order valence-corrected chi connectivity index (χ0v) is 18.2. The van der Waals surface area contributed by atoms with E-state index in [0.29, 0.717) is 29.1 Å². The van der Waals surface area contributed by atoms with Crippen LogP contribution in [0.3, 0.4) is 0 Å². The molecule has 5 rings (SSSR count). The zero-order chi connectivity index (χ0) is 22.5. The van der Waals surface area contributed by atoms with Gasteiger partial charge in [-0.3, -0.25) is 9.59 Å². The maximum absolute atomic E-state index is 14.4. The van der Waals surface area contributed by atoms with Gasteiger partial charge in [-0.2, -0.15) is 0 Å². The van der Waals surface area contributed by atoms with Crippen molar-refractivity contribution >= 4 is 29.3 Å². The number of para-hydroxylation sites is 1. The Balaban J connectivity index is 1.59. The van der Waals surface area contributed by atoms with Gasteiger partial charge in [-0.1, -0.05) is 42.0 Å². The first kappa shape index (κ1) is 20.7. The van der Waals surface area contributed by atoms with Crippen molar-refractivity contribution in [3.63, 3.8) is 0 Å². The first-order valence-electron chi connectivity index (χ1n) is 10.3. The van der Waals surface area contributed by atoms with Crippen molar-refractivity contribution in [1.29, 1.82) is 0 Å². The molecule has 0 saturated carbocycles. The molecule has 0 aliphatic carbocycles. The Labute approximate surface area is 188 Å². The second-order valence-corrected chi connectivity index (χ2v) is 9.21. The normalized spacial score (nSPS) is 19.7. The quantitative estimate of drug-likeness (QED) is 0.572. The van der Waals surface area contributed by atoms with E-state index in [0.717, 1.165) is 5.56 Å². The standard InChI is InChI=1S/C25H20F2N2O2S/c1-16-9-11-17(12-10-16)23(30)29-13-14-32-25(29)19-5-2-3-8-22(19)28(24(25)31)15-18-20(26)6-4-7-21(18)27/h2-12H,13-15H2,1H3/t25-/m0/s1. The van der Waals surface area contributed by atoms with Crippen LogP contribution >= 0.6 is 11.8 Å². The van der Waals surface area contributed by atoms with Gasteiger partial charge < -0.3 is 9.80 Å². The molecule has 3 aromatic rings. The summed E-state index contributed by atoms with van der Waals surface area (Å²) >= 11 is 1.39. The second-order valence-electron chi connectivity index (χ2n) is 7.92. The largest absolute Gasteiger partial charge is 0.311 e. The molecule has 2 aliphatic heterocycles. The Morgan fingerprint density at radius 2 is 1.69 bits per heavy atom. The molecule has 1 atom stereocenters. The minimum absolute atomic E-state index is 0.174. The van der Waals surface area contributed by atoms with Crippen molar-refractivity contribution in [3.05, 3.63) is 101 Å². The van der Waals surface area contributed by atoms with E-state index in [4.69, 9.17) is 0 Å². The molecule has 0 radical (unpaired) electrons. The molecule has 0 unspecified atom stereocenters. The fraction of sp³-hybridized carbons (Fsp3) is 0.200. The minimum Gasteiger partial charge on any atom is -0.311 e. The summed E-state index contributed by atoms with van der Waals surface area (Å²) < 4.78 is 28.8. The van der Waals surface area contributed by atoms with E-state index in [1.807, 2.05) is 31.2 Å². The molecule has 0 aromatic heterocycles. The molecule has 1 saturated heterocycles. The number of nitrogens with zero attached hydrogens (tertiary/aromatic N) is 2. The van der Waals surface area contributed by atoms with Crippen LogP contribution in [0.2, 0.25) is 0 Å². The molecule has 162 valence electrons. The van der Waals surface area contributed by atoms with Crippen LogP contribution in [0, 0.1) is 18.6 Å². The molecular weight excluding hydrogens is 430 g/mol. The average molecular weight is 451 g/mol. The van der Waals surface area contributed by atoms with E-state index >= 15 is 0 Å². The lowest BCUT2D eigenvalue weighted by molar-refractivity contribution is -0.123. The number of carbonyl (C=O) groups excluding carboxylic acids is 2. The van der Waals surface area contributed by atoms with Crippen molar-refractivity contribution in [3.8, 4) is 0 Å². The Bertz CT molecular complexity index is 1210. The summed E-state index contributed by atoms with van der Waals surface area (Å²) in [5.41, 5.74) is 2.60. The van der Waals surface area contributed by atoms with Gasteiger partial charge in [0.15, 0.2) is 4.87 Å². The van der Waals surface area contributed by atoms with Crippen molar-refractivity contribution < 1.29 is 18.4 Å². The molecule has 32 heavy (non-hydrogen) atoms. The lowest BCUT2D eigenvalue weighted by atomic mass is 10.0. The number of anilines is 1. The number of carbonyl (C=O) groups is 2. The summed E-state index contributed by atoms with van der Waals surface area (Å²) in [6.07, 6.45) is 0. The van der Waals surface area contributed by atoms with E-state index in [2.05, 4.69) is 0 Å². The van der Waals surface area contributed by atoms with Gasteiger partial charge >= 0.3 is 0 Å². The molecule has 0 N–H and O–H groups in total. The Morgan fingerprint density at radius 3 is 2.41 bits per heavy atom. The number of halogens is 2. The second kappa shape index (κ2) is 7.74. The number of thioether (sulfide) groups is 1. The zero-order valence-electron chi connectivity index (χ0n) is 17.3. The van der Waals surface area contributed by atoms with Gasteiger partial charge in [0.25, 0.3) is 11.8 Å². The Hall–Kier alpha value is -3.19. The van der Waals surface area contributed by atoms with Crippen LogP contribution in [-0.4, -0.2) is 29.0 Å². The minimum atomic E-state index is -1.25. The van der Waals surface area contributed by atoms with Crippen molar-refractivity contribution in [1.82, 2.24) is 4.90 Å². The van der Waals surface area contributed by atoms with Crippen LogP contribution in [0.1, 0.15) is 27.0 Å². The highest BCUT2D eigenvalue weighted by Gasteiger charge is 2.59. The molecule has 1 spiro atoms. The Kier molecular flexibility index (Phi) is 5.01. The molecule has 1 fully saturated rings. The molecule has 2 heterocycles. The first-order valence-corrected chi connectivity index (χ1v) is 11.3. The summed E-state index contributed by atoms with van der Waals surface area (Å²) in [4.78, 5) is 29.1. The summed E-state index contributed by atoms with van der Waals surface area (Å²) in [5.74, 6) is -1.42. The summed E-state index contributed by atoms with van der Waals surface area (Å²) in [6.45, 7) is 2.10. The third-order valence-corrected chi connectivity index (χ3v) is 7.44. The molecule has 3 aromatic carbocycles. The van der Waals surface area contributed by atoms with Gasteiger partial charge in [0, 0.05) is 29.0 Å². The van der Waals surface area contributed by atoms with E-state index in [9.17, 15) is 18.4 Å². The van der Waals surface area contributed by atoms with Crippen LogP contribution in [-0.2, 0) is 16.2 Å². The average Bonchev–Trinajstić information content (AvgIpc) is 3.33. The lowest BCUT2D eigenvalue weighted by Crippen LogP contribution is -2.50. The highest BCUT2D eigenvalue weighted by atomic mass is 32.2. The number of hydrogen-bond donors (Lipinski definition) is 0. The maximum Gasteiger partial charge on any atom is 0.268 e. The summed E-state index contributed by atoms with van der Waals surface area (Å²) in [5, 5.41) is 0. The number of aryl methyl sites for hydroxylation is 1. The van der Waals surface area contributed by atoms with Gasteiger partial charge in [0.2, 0.25) is 0 Å². The van der Waals surface area contributed by atoms with Crippen LogP contribution in [0.5, 0.6) is 0 Å². The van der Waals surface area contributed by atoms with Gasteiger partial charge in [-0.15, -0.1) is 11.8 Å². The predicted octanol–water partition coefficient (Wildman–Crippen LogP) is 4.86. The number of rotatable bonds is 3. The highest BCUT2D eigenvalue weighted by Crippen LogP contribution is 2.54. The smallest absolute Gasteiger partial charge is 0.268 e. The van der Waals surface area contributed by atoms with E-state index < -0.39 is 16.5 Å². The fourth-order valence-electron chi connectivity index (χ4n) is 4.42. The summed E-state index contributed by atoms with van der Waals surface area (Å²) in [7, 11) is 0. The van der Waals surface area contributed by atoms with E-state index in [-0.39, 0.29) is 23.9 Å². The maximum atomic E-state index is 14.4. The third-order valence-electron chi connectivity index (χ3n) is 6.02. The topological polar surface area (TPSA) is 40.6 Å². The first-order chi connectivity index (χ1) is 15.4. The van der Waals surface area contributed by atoms with Gasteiger partial charge in [-0.25, -0.2) is 8.78 Å². The van der Waals surface area contributed by atoms with E-state index in [1.54, 1.807) is 29.2 Å². The van der Waals surface area contributed by atoms with Gasteiger partial charge in [-0.05, 0) is 37.3 Å². The van der Waals surface area contributed by atoms with E-state index in [1.165, 1.54) is 34.9 Å².